The summed E-state index contributed by atoms with van der Waals surface area (Å²) in [6.45, 7) is 4.81. The molecular weight excluding hydrogens is 330 g/mol. The number of amides is 1. The van der Waals surface area contributed by atoms with Crippen LogP contribution >= 0.6 is 0 Å². The van der Waals surface area contributed by atoms with Crippen LogP contribution in [0.2, 0.25) is 0 Å². The van der Waals surface area contributed by atoms with E-state index in [-0.39, 0.29) is 23.9 Å². The Morgan fingerprint density at radius 2 is 2.08 bits per heavy atom. The summed E-state index contributed by atoms with van der Waals surface area (Å²) in [5.41, 5.74) is 0.0765. The predicted molar refractivity (Wildman–Crippen MR) is 87.6 cm³/mol. The maximum absolute atomic E-state index is 12.0. The van der Waals surface area contributed by atoms with Crippen LogP contribution in [0.1, 0.15) is 26.7 Å². The fraction of sp³-hybridized carbons (Fsp3) is 0.500. The molecule has 0 saturated heterocycles. The van der Waals surface area contributed by atoms with Crippen molar-refractivity contribution in [1.82, 2.24) is 0 Å². The van der Waals surface area contributed by atoms with Gasteiger partial charge in [-0.15, -0.1) is 0 Å². The van der Waals surface area contributed by atoms with Gasteiger partial charge in [-0.2, -0.15) is 0 Å². The number of rotatable bonds is 11. The smallest absolute Gasteiger partial charge is 0.271 e. The molecule has 0 bridgehead atoms. The van der Waals surface area contributed by atoms with Crippen LogP contribution in [0.5, 0.6) is 0 Å². The topological polar surface area (TPSA) is 138 Å². The maximum atomic E-state index is 12.0. The van der Waals surface area contributed by atoms with Crippen LogP contribution < -0.4 is 15.7 Å². The highest BCUT2D eigenvalue weighted by Crippen LogP contribution is 2.17. The summed E-state index contributed by atoms with van der Waals surface area (Å²) >= 11 is 0. The summed E-state index contributed by atoms with van der Waals surface area (Å²) in [6.07, 6.45) is 0.461. The first-order valence-electron chi connectivity index (χ1n) is 7.99. The standard InChI is InChI=1S/C16H23N3O6/c1-11(2)25-8-4-7-17-14(16(21)22)10-15(20)18-12-5-3-6-13(9-12)19(23)24/h3,5-6,9,11,14,17H,4,7-8,10H2,1-2H3,(H,18,20)(H,21,22)/t14-/m0/s1. The summed E-state index contributed by atoms with van der Waals surface area (Å²) in [7, 11) is 0. The molecule has 0 unspecified atom stereocenters. The highest BCUT2D eigenvalue weighted by atomic mass is 16.6. The second-order valence-electron chi connectivity index (χ2n) is 5.78. The van der Waals surface area contributed by atoms with E-state index in [1.807, 2.05) is 13.8 Å². The van der Waals surface area contributed by atoms with E-state index in [1.54, 1.807) is 0 Å². The minimum absolute atomic E-state index is 0.109. The number of nitrogens with zero attached hydrogens (tertiary/aromatic N) is 1. The zero-order valence-electron chi connectivity index (χ0n) is 14.3. The van der Waals surface area contributed by atoms with E-state index in [4.69, 9.17) is 4.74 Å². The number of benzene rings is 1. The van der Waals surface area contributed by atoms with Gasteiger partial charge in [-0.25, -0.2) is 0 Å². The van der Waals surface area contributed by atoms with Crippen molar-refractivity contribution in [2.45, 2.75) is 38.8 Å². The van der Waals surface area contributed by atoms with Gasteiger partial charge in [0.25, 0.3) is 5.69 Å². The molecule has 0 spiro atoms. The van der Waals surface area contributed by atoms with Crippen molar-refractivity contribution in [3.63, 3.8) is 0 Å². The molecule has 0 aliphatic carbocycles. The summed E-state index contributed by atoms with van der Waals surface area (Å²) < 4.78 is 5.36. The van der Waals surface area contributed by atoms with E-state index in [2.05, 4.69) is 5.32 Å². The lowest BCUT2D eigenvalue weighted by Gasteiger charge is -2.16. The van der Waals surface area contributed by atoms with Crippen LogP contribution in [-0.2, 0) is 14.3 Å². The minimum atomic E-state index is -1.33. The quantitative estimate of drug-likeness (QED) is 0.310. The number of hydrogen-bond donors (Lipinski definition) is 2. The second-order valence-corrected chi connectivity index (χ2v) is 5.78. The average molecular weight is 353 g/mol. The molecule has 0 fully saturated rings. The summed E-state index contributed by atoms with van der Waals surface area (Å²) in [6, 6.07) is 4.40. The number of nitro groups is 1. The van der Waals surface area contributed by atoms with Crippen molar-refractivity contribution in [3.05, 3.63) is 34.4 Å². The Morgan fingerprint density at radius 3 is 2.68 bits per heavy atom. The van der Waals surface area contributed by atoms with E-state index >= 15 is 0 Å². The molecular formula is C16H23N3O6. The summed E-state index contributed by atoms with van der Waals surface area (Å²) in [4.78, 5) is 33.3. The van der Waals surface area contributed by atoms with Gasteiger partial charge in [-0.1, -0.05) is 6.07 Å². The first-order chi connectivity index (χ1) is 11.8. The van der Waals surface area contributed by atoms with Crippen LogP contribution in [0.15, 0.2) is 24.3 Å². The molecule has 1 amide bonds. The lowest BCUT2D eigenvalue weighted by atomic mass is 10.2. The lowest BCUT2D eigenvalue weighted by Crippen LogP contribution is -2.93. The van der Waals surface area contributed by atoms with Gasteiger partial charge in [0.2, 0.25) is 5.91 Å². The van der Waals surface area contributed by atoms with Crippen LogP contribution in [0.4, 0.5) is 11.4 Å². The summed E-state index contributed by atoms with van der Waals surface area (Å²) in [5, 5.41) is 25.9. The van der Waals surface area contributed by atoms with Gasteiger partial charge >= 0.3 is 0 Å². The van der Waals surface area contributed by atoms with Gasteiger partial charge in [0.15, 0.2) is 0 Å². The number of carbonyl (C=O) groups excluding carboxylic acids is 2. The molecule has 3 N–H and O–H groups in total. The van der Waals surface area contributed by atoms with Crippen molar-refractivity contribution >= 4 is 23.3 Å². The van der Waals surface area contributed by atoms with Gasteiger partial charge in [0, 0.05) is 24.2 Å². The van der Waals surface area contributed by atoms with Gasteiger partial charge in [0.1, 0.15) is 6.04 Å². The molecule has 0 saturated carbocycles. The highest BCUT2D eigenvalue weighted by molar-refractivity contribution is 5.93. The van der Waals surface area contributed by atoms with Crippen LogP contribution in [0, 0.1) is 10.1 Å². The number of nitrogens with two attached hydrogens (primary N) is 1. The largest absolute Gasteiger partial charge is 0.544 e. The number of nitro benzene ring substituents is 1. The molecule has 0 aliphatic heterocycles. The Bertz CT molecular complexity index is 605. The fourth-order valence-corrected chi connectivity index (χ4v) is 2.09. The lowest BCUT2D eigenvalue weighted by molar-refractivity contribution is -0.682. The Balaban J connectivity index is 2.49. The number of nitrogens with one attached hydrogen (secondary N) is 1. The van der Waals surface area contributed by atoms with E-state index in [1.165, 1.54) is 29.6 Å². The molecule has 0 aliphatic rings. The first kappa shape index (κ1) is 20.5. The van der Waals surface area contributed by atoms with E-state index in [0.717, 1.165) is 0 Å². The Labute approximate surface area is 145 Å². The van der Waals surface area contributed by atoms with E-state index < -0.39 is 22.8 Å². The molecule has 9 nitrogen and oxygen atoms in total. The number of aliphatic carboxylic acids is 1. The van der Waals surface area contributed by atoms with Gasteiger partial charge in [0.05, 0.1) is 36.6 Å². The number of anilines is 1. The number of carbonyl (C=O) groups is 2. The first-order valence-corrected chi connectivity index (χ1v) is 7.99. The molecule has 0 aromatic heterocycles. The van der Waals surface area contributed by atoms with Gasteiger partial charge in [-0.05, 0) is 19.9 Å². The third-order valence-corrected chi connectivity index (χ3v) is 3.30. The van der Waals surface area contributed by atoms with Crippen molar-refractivity contribution in [2.24, 2.45) is 0 Å². The number of quaternary nitrogens is 1. The van der Waals surface area contributed by atoms with E-state index in [9.17, 15) is 24.8 Å². The third-order valence-electron chi connectivity index (χ3n) is 3.30. The predicted octanol–water partition coefficient (Wildman–Crippen LogP) is -0.580. The van der Waals surface area contributed by atoms with Crippen molar-refractivity contribution in [1.29, 1.82) is 0 Å². The molecule has 25 heavy (non-hydrogen) atoms. The number of carboxylic acid groups (broad SMARTS) is 1. The number of ether oxygens (including phenoxy) is 1. The number of hydrogen-bond acceptors (Lipinski definition) is 6. The zero-order valence-corrected chi connectivity index (χ0v) is 14.3. The molecule has 138 valence electrons. The van der Waals surface area contributed by atoms with Gasteiger partial charge < -0.3 is 25.3 Å². The monoisotopic (exact) mass is 353 g/mol. The maximum Gasteiger partial charge on any atom is 0.271 e. The minimum Gasteiger partial charge on any atom is -0.544 e. The highest BCUT2D eigenvalue weighted by Gasteiger charge is 2.18. The second kappa shape index (κ2) is 10.4. The Kier molecular flexibility index (Phi) is 8.51. The molecule has 1 atom stereocenters. The fourth-order valence-electron chi connectivity index (χ4n) is 2.09. The molecule has 1 rings (SSSR count). The van der Waals surface area contributed by atoms with Crippen molar-refractivity contribution in [3.8, 4) is 0 Å². The van der Waals surface area contributed by atoms with Crippen LogP contribution in [0.25, 0.3) is 0 Å². The normalized spacial score (nSPS) is 12.0. The Hall–Kier alpha value is -2.52. The van der Waals surface area contributed by atoms with Crippen molar-refractivity contribution < 1.29 is 29.7 Å². The van der Waals surface area contributed by atoms with E-state index in [0.29, 0.717) is 19.6 Å². The molecule has 1 aromatic carbocycles. The molecule has 1 aromatic rings. The average Bonchev–Trinajstić information content (AvgIpc) is 2.53. The number of non-ortho nitro benzene ring substituents is 1. The zero-order chi connectivity index (χ0) is 18.8. The SMILES string of the molecule is CC(C)OCCC[NH2+][C@@H](CC(=O)Nc1cccc([N+](=O)[O-])c1)C(=O)[O-]. The van der Waals surface area contributed by atoms with Crippen LogP contribution in [0.3, 0.4) is 0 Å². The molecule has 0 heterocycles. The van der Waals surface area contributed by atoms with Crippen LogP contribution in [-0.4, -0.2) is 42.1 Å². The summed E-state index contributed by atoms with van der Waals surface area (Å²) in [5.74, 6) is -1.89. The molecule has 9 heteroatoms. The van der Waals surface area contributed by atoms with Crippen molar-refractivity contribution in [2.75, 3.05) is 18.5 Å². The Morgan fingerprint density at radius 1 is 1.36 bits per heavy atom. The number of carboxylic acids is 1. The third kappa shape index (κ3) is 8.23. The van der Waals surface area contributed by atoms with Gasteiger partial charge in [-0.3, -0.25) is 14.9 Å². The molecule has 0 radical (unpaired) electrons.